The number of hydrogen-bond acceptors (Lipinski definition) is 2. The van der Waals surface area contributed by atoms with Crippen molar-refractivity contribution in [2.45, 2.75) is 27.7 Å². The predicted molar refractivity (Wildman–Crippen MR) is 109 cm³/mol. The molecule has 4 rings (SSSR count). The number of aromatic nitrogens is 2. The normalized spacial score (nSPS) is 13.2. The van der Waals surface area contributed by atoms with E-state index in [2.05, 4.69) is 6.07 Å². The fraction of sp³-hybridized carbons (Fsp3) is 0.167. The summed E-state index contributed by atoms with van der Waals surface area (Å²) in [6.45, 7) is 8.07. The zero-order valence-corrected chi connectivity index (χ0v) is 15.4. The van der Waals surface area contributed by atoms with Crippen LogP contribution in [0.3, 0.4) is 0 Å². The van der Waals surface area contributed by atoms with Crippen LogP contribution in [-0.4, -0.2) is 9.97 Å². The number of rotatable bonds is 2. The third-order valence-electron chi connectivity index (χ3n) is 4.53. The van der Waals surface area contributed by atoms with Gasteiger partial charge in [0.25, 0.3) is 0 Å². The monoisotopic (exact) mass is 342 g/mol. The van der Waals surface area contributed by atoms with E-state index in [1.54, 1.807) is 0 Å². The molecule has 0 N–H and O–H groups in total. The zero-order valence-electron chi connectivity index (χ0n) is 19.4. The second-order valence-electron chi connectivity index (χ2n) is 6.76. The Balaban J connectivity index is 2.20. The van der Waals surface area contributed by atoms with Gasteiger partial charge in [-0.25, -0.2) is 9.97 Å². The first-order chi connectivity index (χ1) is 14.2. The van der Waals surface area contributed by atoms with Crippen LogP contribution >= 0.6 is 0 Å². The zero-order chi connectivity index (χ0) is 21.7. The number of aryl methyl sites for hydroxylation is 4. The molecule has 0 saturated heterocycles. The highest BCUT2D eigenvalue weighted by Gasteiger charge is 2.17. The highest BCUT2D eigenvalue weighted by molar-refractivity contribution is 5.88. The number of hydrogen-bond donors (Lipinski definition) is 0. The minimum absolute atomic E-state index is 0.169. The van der Waals surface area contributed by atoms with Gasteiger partial charge in [0.1, 0.15) is 0 Å². The van der Waals surface area contributed by atoms with Crippen molar-refractivity contribution in [3.63, 3.8) is 0 Å². The largest absolute Gasteiger partial charge is 0.244 e. The van der Waals surface area contributed by atoms with Gasteiger partial charge in [0.05, 0.1) is 27.9 Å². The van der Waals surface area contributed by atoms with Gasteiger partial charge in [0, 0.05) is 11.1 Å². The maximum atomic E-state index is 8.34. The van der Waals surface area contributed by atoms with E-state index < -0.39 is 0 Å². The molecule has 128 valence electrons. The van der Waals surface area contributed by atoms with E-state index in [0.29, 0.717) is 11.4 Å². The van der Waals surface area contributed by atoms with Crippen LogP contribution in [-0.2, 0) is 0 Å². The molecule has 0 amide bonds. The third kappa shape index (κ3) is 2.88. The molecule has 1 heterocycles. The van der Waals surface area contributed by atoms with Gasteiger partial charge in [-0.3, -0.25) is 0 Å². The second-order valence-corrected chi connectivity index (χ2v) is 6.76. The van der Waals surface area contributed by atoms with Crippen LogP contribution in [0.4, 0.5) is 0 Å². The van der Waals surface area contributed by atoms with E-state index in [0.717, 1.165) is 33.4 Å². The van der Waals surface area contributed by atoms with Crippen LogP contribution in [0.1, 0.15) is 27.7 Å². The molecule has 26 heavy (non-hydrogen) atoms. The molecule has 0 spiro atoms. The van der Waals surface area contributed by atoms with Crippen molar-refractivity contribution in [3.05, 3.63) is 82.8 Å². The van der Waals surface area contributed by atoms with Crippen molar-refractivity contribution in [2.24, 2.45) is 0 Å². The molecule has 1 aromatic heterocycles. The van der Waals surface area contributed by atoms with Gasteiger partial charge in [0.2, 0.25) is 0 Å². The molecule has 3 aromatic carbocycles. The van der Waals surface area contributed by atoms with Gasteiger partial charge in [-0.1, -0.05) is 47.5 Å². The van der Waals surface area contributed by atoms with Gasteiger partial charge in [0.15, 0.2) is 0 Å². The molecule has 4 aromatic rings. The molecule has 0 fully saturated rings. The van der Waals surface area contributed by atoms with E-state index in [1.807, 2.05) is 58.0 Å². The average Bonchev–Trinajstić information content (AvgIpc) is 2.69. The highest BCUT2D eigenvalue weighted by Crippen LogP contribution is 2.35. The first-order valence-corrected chi connectivity index (χ1v) is 8.62. The highest BCUT2D eigenvalue weighted by atomic mass is 14.8. The first-order valence-electron chi connectivity index (χ1n) is 10.6. The lowest BCUT2D eigenvalue weighted by Crippen LogP contribution is -1.99. The fourth-order valence-corrected chi connectivity index (χ4v) is 3.47. The molecule has 2 heteroatoms. The van der Waals surface area contributed by atoms with E-state index in [4.69, 9.17) is 15.5 Å². The van der Waals surface area contributed by atoms with E-state index in [9.17, 15) is 0 Å². The van der Waals surface area contributed by atoms with Gasteiger partial charge in [-0.2, -0.15) is 0 Å². The molecule has 0 aliphatic carbocycles. The van der Waals surface area contributed by atoms with Crippen molar-refractivity contribution in [2.75, 3.05) is 0 Å². The fourth-order valence-electron chi connectivity index (χ4n) is 3.47. The molecule has 0 unspecified atom stereocenters. The van der Waals surface area contributed by atoms with Crippen molar-refractivity contribution in [3.8, 4) is 22.5 Å². The lowest BCUT2D eigenvalue weighted by atomic mass is 9.95. The van der Waals surface area contributed by atoms with E-state index >= 15 is 0 Å². The summed E-state index contributed by atoms with van der Waals surface area (Å²) in [4.78, 5) is 9.57. The third-order valence-corrected chi connectivity index (χ3v) is 4.53. The Morgan fingerprint density at radius 1 is 0.731 bits per heavy atom. The van der Waals surface area contributed by atoms with Gasteiger partial charge < -0.3 is 0 Å². The molecule has 0 atom stereocenters. The summed E-state index contributed by atoms with van der Waals surface area (Å²) in [5.74, 6) is 0. The van der Waals surface area contributed by atoms with Crippen LogP contribution in [0.25, 0.3) is 33.5 Å². The van der Waals surface area contributed by atoms with Crippen molar-refractivity contribution in [1.82, 2.24) is 9.97 Å². The Kier molecular flexibility index (Phi) is 3.03. The molecule has 0 bridgehead atoms. The quantitative estimate of drug-likeness (QED) is 0.433. The Bertz CT molecular complexity index is 1290. The number of benzene rings is 3. The molecular formula is C24H22N2. The maximum absolute atomic E-state index is 8.34. The van der Waals surface area contributed by atoms with Crippen LogP contribution in [0.15, 0.2) is 60.6 Å². The summed E-state index contributed by atoms with van der Waals surface area (Å²) in [5, 5.41) is 0. The van der Waals surface area contributed by atoms with Crippen molar-refractivity contribution >= 4 is 11.0 Å². The Morgan fingerprint density at radius 3 is 1.85 bits per heavy atom. The predicted octanol–water partition coefficient (Wildman–Crippen LogP) is 6.20. The molecule has 2 nitrogen and oxygen atoms in total. The first kappa shape index (κ1) is 12.4. The SMILES string of the molecule is [2H]c1c([2H])c([2H])c2nc(-c3c(C)cccc3C)c(-c3cc(C)cc(C)c3)nc2c1[2H]. The Morgan fingerprint density at radius 2 is 1.27 bits per heavy atom. The number of nitrogens with zero attached hydrogens (tertiary/aromatic N) is 2. The van der Waals surface area contributed by atoms with Crippen LogP contribution in [0, 0.1) is 27.7 Å². The minimum atomic E-state index is -0.298. The van der Waals surface area contributed by atoms with Gasteiger partial charge in [-0.05, 0) is 63.0 Å². The van der Waals surface area contributed by atoms with Crippen molar-refractivity contribution in [1.29, 1.82) is 0 Å². The van der Waals surface area contributed by atoms with Crippen LogP contribution < -0.4 is 0 Å². The molecule has 0 aliphatic rings. The summed E-state index contributed by atoms with van der Waals surface area (Å²) in [6, 6.07) is 11.2. The van der Waals surface area contributed by atoms with Crippen LogP contribution in [0.5, 0.6) is 0 Å². The number of fused-ring (bicyclic) bond motifs is 1. The van der Waals surface area contributed by atoms with Crippen LogP contribution in [0.2, 0.25) is 0 Å². The van der Waals surface area contributed by atoms with E-state index in [1.165, 1.54) is 0 Å². The topological polar surface area (TPSA) is 25.8 Å². The lowest BCUT2D eigenvalue weighted by Gasteiger charge is -2.15. The molecule has 0 saturated carbocycles. The Hall–Kier alpha value is -3.00. The van der Waals surface area contributed by atoms with Gasteiger partial charge in [-0.15, -0.1) is 0 Å². The summed E-state index contributed by atoms with van der Waals surface area (Å²) in [5.41, 5.74) is 7.70. The molecular weight excluding hydrogens is 316 g/mol. The summed E-state index contributed by atoms with van der Waals surface area (Å²) in [6.07, 6.45) is 0. The maximum Gasteiger partial charge on any atom is 0.0978 e. The van der Waals surface area contributed by atoms with E-state index in [-0.39, 0.29) is 35.2 Å². The standard InChI is InChI=1S/C24H22N2/c1-15-12-16(2)14-19(13-15)23-24(22-17(3)8-7-9-18(22)4)26-21-11-6-5-10-20(21)25-23/h5-14H,1-4H3/i5D,6D,10D,11D. The second kappa shape index (κ2) is 6.38. The summed E-state index contributed by atoms with van der Waals surface area (Å²) in [7, 11) is 0. The lowest BCUT2D eigenvalue weighted by molar-refractivity contribution is 1.25. The minimum Gasteiger partial charge on any atom is -0.244 e. The molecule has 0 aliphatic heterocycles. The van der Waals surface area contributed by atoms with Crippen molar-refractivity contribution < 1.29 is 5.48 Å². The smallest absolute Gasteiger partial charge is 0.0978 e. The van der Waals surface area contributed by atoms with Gasteiger partial charge >= 0.3 is 0 Å². The molecule has 0 radical (unpaired) electrons. The summed E-state index contributed by atoms with van der Waals surface area (Å²) < 4.78 is 32.7. The Labute approximate surface area is 160 Å². The summed E-state index contributed by atoms with van der Waals surface area (Å²) >= 11 is 0. The average molecular weight is 342 g/mol. The number of para-hydroxylation sites is 2.